The molecule has 0 bridgehead atoms. The van der Waals surface area contributed by atoms with Crippen LogP contribution in [0.25, 0.3) is 0 Å². The molecule has 2 N–H and O–H groups in total. The molecule has 18 heavy (non-hydrogen) atoms. The maximum Gasteiger partial charge on any atom is 0.226 e. The number of nitrogens with zero attached hydrogens (tertiary/aromatic N) is 1. The van der Waals surface area contributed by atoms with Gasteiger partial charge < -0.3 is 10.6 Å². The van der Waals surface area contributed by atoms with E-state index in [0.29, 0.717) is 23.8 Å². The minimum atomic E-state index is 0.381. The third-order valence-corrected chi connectivity index (χ3v) is 5.54. The van der Waals surface area contributed by atoms with Crippen LogP contribution in [0.15, 0.2) is 0 Å². The Morgan fingerprint density at radius 3 is 2.44 bits per heavy atom. The lowest BCUT2D eigenvalue weighted by atomic mass is 9.93. The van der Waals surface area contributed by atoms with Crippen LogP contribution in [0.4, 0.5) is 0 Å². The second-order valence-electron chi connectivity index (χ2n) is 6.66. The highest BCUT2D eigenvalue weighted by Gasteiger charge is 2.56. The summed E-state index contributed by atoms with van der Waals surface area (Å²) >= 11 is 0. The maximum atomic E-state index is 12.7. The highest BCUT2D eigenvalue weighted by molar-refractivity contribution is 5.82. The highest BCUT2D eigenvalue weighted by Crippen LogP contribution is 2.56. The first-order chi connectivity index (χ1) is 8.72. The van der Waals surface area contributed by atoms with E-state index in [4.69, 9.17) is 5.73 Å². The quantitative estimate of drug-likeness (QED) is 0.815. The van der Waals surface area contributed by atoms with Crippen LogP contribution in [0.1, 0.15) is 45.4 Å². The first-order valence-electron chi connectivity index (χ1n) is 7.73. The van der Waals surface area contributed by atoms with Gasteiger partial charge in [0.1, 0.15) is 0 Å². The zero-order chi connectivity index (χ0) is 12.7. The van der Waals surface area contributed by atoms with Crippen LogP contribution in [0.5, 0.6) is 0 Å². The predicted molar refractivity (Wildman–Crippen MR) is 71.9 cm³/mol. The van der Waals surface area contributed by atoms with Gasteiger partial charge in [0.05, 0.1) is 0 Å². The Hall–Kier alpha value is -0.570. The van der Waals surface area contributed by atoms with E-state index in [9.17, 15) is 4.79 Å². The van der Waals surface area contributed by atoms with Crippen LogP contribution in [0.3, 0.4) is 0 Å². The summed E-state index contributed by atoms with van der Waals surface area (Å²) in [7, 11) is 0. The molecule has 0 aromatic carbocycles. The van der Waals surface area contributed by atoms with Crippen molar-refractivity contribution in [2.45, 2.75) is 51.5 Å². The number of fused-ring (bicyclic) bond motifs is 1. The van der Waals surface area contributed by atoms with Gasteiger partial charge in [-0.2, -0.15) is 0 Å². The number of likely N-dealkylation sites (tertiary alicyclic amines) is 1. The molecule has 2 saturated carbocycles. The van der Waals surface area contributed by atoms with Gasteiger partial charge in [-0.15, -0.1) is 0 Å². The molecule has 3 heteroatoms. The average Bonchev–Trinajstić information content (AvgIpc) is 3.13. The van der Waals surface area contributed by atoms with E-state index in [0.717, 1.165) is 31.3 Å². The van der Waals surface area contributed by atoms with Crippen molar-refractivity contribution in [1.29, 1.82) is 0 Å². The van der Waals surface area contributed by atoms with E-state index in [-0.39, 0.29) is 0 Å². The molecule has 3 aliphatic rings. The molecule has 0 spiro atoms. The minimum absolute atomic E-state index is 0.381. The van der Waals surface area contributed by atoms with Gasteiger partial charge in [-0.25, -0.2) is 0 Å². The number of amides is 1. The SMILES string of the molecule is CC1CCC(CN)CN1C(=O)C1C2CCCCC21. The minimum Gasteiger partial charge on any atom is -0.339 e. The Morgan fingerprint density at radius 1 is 1.17 bits per heavy atom. The van der Waals surface area contributed by atoms with Gasteiger partial charge in [-0.1, -0.05) is 12.8 Å². The molecule has 3 rings (SSSR count). The summed E-state index contributed by atoms with van der Waals surface area (Å²) in [6.45, 7) is 3.84. The van der Waals surface area contributed by atoms with Gasteiger partial charge in [-0.3, -0.25) is 4.79 Å². The largest absolute Gasteiger partial charge is 0.339 e. The molecule has 1 aliphatic heterocycles. The van der Waals surface area contributed by atoms with Gasteiger partial charge in [0.15, 0.2) is 0 Å². The molecule has 0 aromatic rings. The smallest absolute Gasteiger partial charge is 0.226 e. The van der Waals surface area contributed by atoms with Gasteiger partial charge in [0.2, 0.25) is 5.91 Å². The zero-order valence-electron chi connectivity index (χ0n) is 11.5. The van der Waals surface area contributed by atoms with Gasteiger partial charge in [0.25, 0.3) is 0 Å². The van der Waals surface area contributed by atoms with Gasteiger partial charge in [0, 0.05) is 18.5 Å². The molecular weight excluding hydrogens is 224 g/mol. The molecule has 0 radical (unpaired) electrons. The third-order valence-electron chi connectivity index (χ3n) is 5.54. The fourth-order valence-corrected chi connectivity index (χ4v) is 4.23. The van der Waals surface area contributed by atoms with Crippen molar-refractivity contribution in [2.24, 2.45) is 29.4 Å². The molecule has 4 atom stereocenters. The zero-order valence-corrected chi connectivity index (χ0v) is 11.5. The van der Waals surface area contributed by atoms with E-state index in [1.54, 1.807) is 0 Å². The number of rotatable bonds is 2. The molecular formula is C15H26N2O. The van der Waals surface area contributed by atoms with E-state index in [2.05, 4.69) is 11.8 Å². The van der Waals surface area contributed by atoms with Crippen molar-refractivity contribution in [3.8, 4) is 0 Å². The van der Waals surface area contributed by atoms with Crippen LogP contribution < -0.4 is 5.73 Å². The second kappa shape index (κ2) is 4.84. The summed E-state index contributed by atoms with van der Waals surface area (Å²) in [6.07, 6.45) is 7.60. The monoisotopic (exact) mass is 250 g/mol. The van der Waals surface area contributed by atoms with Crippen molar-refractivity contribution < 1.29 is 4.79 Å². The second-order valence-corrected chi connectivity index (χ2v) is 6.66. The Labute approximate surface area is 110 Å². The Bertz CT molecular complexity index is 318. The summed E-state index contributed by atoms with van der Waals surface area (Å²) < 4.78 is 0. The first kappa shape index (κ1) is 12.5. The summed E-state index contributed by atoms with van der Waals surface area (Å²) in [4.78, 5) is 14.8. The van der Waals surface area contributed by atoms with Crippen LogP contribution in [-0.2, 0) is 4.79 Å². The van der Waals surface area contributed by atoms with E-state index in [1.807, 2.05) is 0 Å². The Balaban J connectivity index is 1.64. The molecule has 3 nitrogen and oxygen atoms in total. The number of piperidine rings is 1. The maximum absolute atomic E-state index is 12.7. The Morgan fingerprint density at radius 2 is 1.83 bits per heavy atom. The summed E-state index contributed by atoms with van der Waals surface area (Å²) in [5.74, 6) is 2.84. The Kier molecular flexibility index (Phi) is 3.35. The lowest BCUT2D eigenvalue weighted by molar-refractivity contribution is -0.137. The molecule has 1 amide bonds. The molecule has 1 heterocycles. The van der Waals surface area contributed by atoms with Crippen LogP contribution in [0, 0.1) is 23.7 Å². The summed E-state index contributed by atoms with van der Waals surface area (Å²) in [5, 5.41) is 0. The van der Waals surface area contributed by atoms with E-state index < -0.39 is 0 Å². The number of hydrogen-bond acceptors (Lipinski definition) is 2. The van der Waals surface area contributed by atoms with E-state index in [1.165, 1.54) is 32.1 Å². The van der Waals surface area contributed by atoms with Crippen molar-refractivity contribution >= 4 is 5.91 Å². The molecule has 102 valence electrons. The van der Waals surface area contributed by atoms with Crippen LogP contribution >= 0.6 is 0 Å². The third kappa shape index (κ3) is 2.07. The van der Waals surface area contributed by atoms with Crippen LogP contribution in [0.2, 0.25) is 0 Å². The normalized spacial score (nSPS) is 43.4. The lowest BCUT2D eigenvalue weighted by Gasteiger charge is -2.38. The highest BCUT2D eigenvalue weighted by atomic mass is 16.2. The molecule has 0 aromatic heterocycles. The van der Waals surface area contributed by atoms with Crippen molar-refractivity contribution in [1.82, 2.24) is 4.90 Å². The summed E-state index contributed by atoms with van der Waals surface area (Å²) in [5.41, 5.74) is 5.78. The first-order valence-corrected chi connectivity index (χ1v) is 7.73. The van der Waals surface area contributed by atoms with Gasteiger partial charge in [-0.05, 0) is 56.9 Å². The van der Waals surface area contributed by atoms with E-state index >= 15 is 0 Å². The summed E-state index contributed by atoms with van der Waals surface area (Å²) in [6, 6.07) is 0.433. The molecule has 2 aliphatic carbocycles. The fourth-order valence-electron chi connectivity index (χ4n) is 4.23. The van der Waals surface area contributed by atoms with Crippen molar-refractivity contribution in [3.63, 3.8) is 0 Å². The topological polar surface area (TPSA) is 46.3 Å². The molecule has 4 unspecified atom stereocenters. The molecule has 1 saturated heterocycles. The van der Waals surface area contributed by atoms with Crippen molar-refractivity contribution in [3.05, 3.63) is 0 Å². The molecule has 3 fully saturated rings. The lowest BCUT2D eigenvalue weighted by Crippen LogP contribution is -2.48. The number of nitrogens with two attached hydrogens (primary N) is 1. The predicted octanol–water partition coefficient (Wildman–Crippen LogP) is 2.01. The number of carbonyl (C=O) groups is 1. The van der Waals surface area contributed by atoms with Crippen LogP contribution in [-0.4, -0.2) is 29.9 Å². The number of hydrogen-bond donors (Lipinski definition) is 1. The van der Waals surface area contributed by atoms with Gasteiger partial charge >= 0.3 is 0 Å². The number of carbonyl (C=O) groups excluding carboxylic acids is 1. The average molecular weight is 250 g/mol. The standard InChI is InChI=1S/C15H26N2O/c1-10-6-7-11(8-16)9-17(10)15(18)14-12-4-2-3-5-13(12)14/h10-14H,2-9,16H2,1H3. The van der Waals surface area contributed by atoms with Crippen molar-refractivity contribution in [2.75, 3.05) is 13.1 Å². The fraction of sp³-hybridized carbons (Fsp3) is 0.933.